The van der Waals surface area contributed by atoms with Crippen LogP contribution >= 0.6 is 35.0 Å². The van der Waals surface area contributed by atoms with Gasteiger partial charge in [-0.1, -0.05) is 53.5 Å². The lowest BCUT2D eigenvalue weighted by Gasteiger charge is -2.20. The summed E-state index contributed by atoms with van der Waals surface area (Å²) in [5.74, 6) is -0.960. The van der Waals surface area contributed by atoms with E-state index in [1.807, 2.05) is 48.5 Å². The smallest absolute Gasteiger partial charge is 0.436 e. The van der Waals surface area contributed by atoms with Gasteiger partial charge < -0.3 is 9.47 Å². The van der Waals surface area contributed by atoms with Gasteiger partial charge in [0.1, 0.15) is 5.75 Å². The molecule has 3 rings (SSSR count). The van der Waals surface area contributed by atoms with Gasteiger partial charge in [-0.25, -0.2) is 4.79 Å². The Morgan fingerprint density at radius 3 is 1.89 bits per heavy atom. The van der Waals surface area contributed by atoms with Gasteiger partial charge in [0.05, 0.1) is 6.61 Å². The van der Waals surface area contributed by atoms with Gasteiger partial charge in [-0.2, -0.15) is 13.2 Å². The maximum atomic E-state index is 13.2. The van der Waals surface area contributed by atoms with E-state index in [2.05, 4.69) is 10.8 Å². The summed E-state index contributed by atoms with van der Waals surface area (Å²) in [6.07, 6.45) is -5.50. The number of hydrogen-bond acceptors (Lipinski definition) is 4. The highest BCUT2D eigenvalue weighted by molar-refractivity contribution is 7.99. The number of halogens is 5. The third-order valence-corrected chi connectivity index (χ3v) is 6.17. The van der Waals surface area contributed by atoms with Crippen molar-refractivity contribution in [3.05, 3.63) is 100 Å². The number of thioether (sulfide) groups is 1. The minimum absolute atomic E-state index is 0.0803. The highest BCUT2D eigenvalue weighted by Gasteiger charge is 2.48. The lowest BCUT2D eigenvalue weighted by Crippen LogP contribution is -2.42. The summed E-state index contributed by atoms with van der Waals surface area (Å²) in [6, 6.07) is 21.0. The predicted octanol–water partition coefficient (Wildman–Crippen LogP) is 8.09. The first kappa shape index (κ1) is 27.0. The lowest BCUT2D eigenvalue weighted by molar-refractivity contribution is -0.211. The van der Waals surface area contributed by atoms with Crippen molar-refractivity contribution in [1.82, 2.24) is 0 Å². The van der Waals surface area contributed by atoms with Gasteiger partial charge >= 0.3 is 12.1 Å². The molecule has 35 heavy (non-hydrogen) atoms. The molecule has 0 aliphatic carbocycles. The van der Waals surface area contributed by atoms with Crippen LogP contribution in [0.4, 0.5) is 13.2 Å². The molecule has 3 nitrogen and oxygen atoms in total. The third-order valence-electron chi connectivity index (χ3n) is 4.72. The summed E-state index contributed by atoms with van der Waals surface area (Å²) in [7, 11) is 0. The second-order valence-corrected chi connectivity index (χ2v) is 9.17. The topological polar surface area (TPSA) is 35.5 Å². The van der Waals surface area contributed by atoms with E-state index in [-0.39, 0.29) is 12.4 Å². The number of hydrogen-bond donors (Lipinski definition) is 0. The van der Waals surface area contributed by atoms with Crippen LogP contribution < -0.4 is 4.74 Å². The van der Waals surface area contributed by atoms with Crippen LogP contribution in [0.2, 0.25) is 10.0 Å². The minimum Gasteiger partial charge on any atom is -0.469 e. The Morgan fingerprint density at radius 1 is 0.914 bits per heavy atom. The lowest BCUT2D eigenvalue weighted by atomic mass is 9.98. The van der Waals surface area contributed by atoms with Crippen molar-refractivity contribution in [2.24, 2.45) is 0 Å². The van der Waals surface area contributed by atoms with Crippen LogP contribution in [0.25, 0.3) is 5.57 Å². The molecule has 0 bridgehead atoms. The van der Waals surface area contributed by atoms with E-state index in [4.69, 9.17) is 27.9 Å². The second-order valence-electron chi connectivity index (χ2n) is 7.21. The van der Waals surface area contributed by atoms with E-state index in [0.717, 1.165) is 21.6 Å². The Labute approximate surface area is 215 Å². The molecule has 184 valence electrons. The van der Waals surface area contributed by atoms with Crippen molar-refractivity contribution in [3.63, 3.8) is 0 Å². The van der Waals surface area contributed by atoms with Gasteiger partial charge in [-0.3, -0.25) is 0 Å². The van der Waals surface area contributed by atoms with E-state index >= 15 is 0 Å². The van der Waals surface area contributed by atoms with E-state index in [0.29, 0.717) is 15.8 Å². The Bertz CT molecular complexity index is 1100. The van der Waals surface area contributed by atoms with Crippen LogP contribution in [-0.4, -0.2) is 30.6 Å². The monoisotopic (exact) mass is 540 g/mol. The molecule has 1 atom stereocenters. The minimum atomic E-state index is -4.88. The van der Waals surface area contributed by atoms with Gasteiger partial charge in [0.15, 0.2) is 0 Å². The molecule has 0 aromatic heterocycles. The zero-order chi connectivity index (χ0) is 25.4. The molecule has 0 fully saturated rings. The van der Waals surface area contributed by atoms with Crippen molar-refractivity contribution in [1.29, 1.82) is 0 Å². The molecular weight excluding hydrogens is 520 g/mol. The summed E-state index contributed by atoms with van der Waals surface area (Å²) < 4.78 is 48.9. The molecule has 0 amide bonds. The first-order valence-electron chi connectivity index (χ1n) is 10.5. The highest BCUT2D eigenvalue weighted by Crippen LogP contribution is 2.30. The summed E-state index contributed by atoms with van der Waals surface area (Å²) in [5, 5.41) is 1.27. The van der Waals surface area contributed by atoms with Crippen LogP contribution in [0.15, 0.2) is 83.8 Å². The first-order valence-corrected chi connectivity index (χ1v) is 12.3. The fourth-order valence-electron chi connectivity index (χ4n) is 3.10. The summed E-state index contributed by atoms with van der Waals surface area (Å²) >= 11 is 13.6. The first-order chi connectivity index (χ1) is 16.7. The fourth-order valence-corrected chi connectivity index (χ4v) is 4.12. The molecule has 0 saturated heterocycles. The van der Waals surface area contributed by atoms with E-state index < -0.39 is 18.2 Å². The quantitative estimate of drug-likeness (QED) is 0.203. The molecular formula is C26H21Cl2F3O3S. The maximum Gasteiger partial charge on any atom is 0.436 e. The molecule has 0 N–H and O–H groups in total. The summed E-state index contributed by atoms with van der Waals surface area (Å²) in [5.41, 5.74) is 2.96. The number of esters is 1. The zero-order valence-corrected chi connectivity index (χ0v) is 20.8. The van der Waals surface area contributed by atoms with Crippen LogP contribution in [0, 0.1) is 0 Å². The molecule has 0 heterocycles. The Hall–Kier alpha value is -2.61. The van der Waals surface area contributed by atoms with E-state index in [1.165, 1.54) is 30.8 Å². The van der Waals surface area contributed by atoms with Crippen molar-refractivity contribution in [2.75, 3.05) is 12.4 Å². The molecule has 0 aliphatic rings. The van der Waals surface area contributed by atoms with Crippen LogP contribution in [0.3, 0.4) is 0 Å². The van der Waals surface area contributed by atoms with E-state index in [1.54, 1.807) is 12.1 Å². The molecule has 0 spiro atoms. The number of rotatable bonds is 9. The number of alkyl halides is 3. The number of benzene rings is 3. The molecule has 3 aromatic rings. The second kappa shape index (κ2) is 12.4. The summed E-state index contributed by atoms with van der Waals surface area (Å²) in [4.78, 5) is 12.5. The van der Waals surface area contributed by atoms with Crippen LogP contribution in [-0.2, 0) is 9.53 Å². The number of carbonyl (C=O) groups excluding carboxylic acids is 1. The predicted molar refractivity (Wildman–Crippen MR) is 134 cm³/mol. The molecule has 0 radical (unpaired) electrons. The van der Waals surface area contributed by atoms with Gasteiger partial charge in [-0.15, -0.1) is 11.8 Å². The van der Waals surface area contributed by atoms with Crippen LogP contribution in [0.1, 0.15) is 18.1 Å². The standard InChI is InChI=1S/C26H21Cl2F3O3S/c1-2-33-25(32)24(26(29,30)31)34-21-11-13-22(14-12-21)35-16-15-23(17-3-7-19(27)8-4-17)18-5-9-20(28)10-6-18/h3-15,24H,2,16H2,1H3. The van der Waals surface area contributed by atoms with Crippen molar-refractivity contribution in [3.8, 4) is 5.75 Å². The SMILES string of the molecule is CCOC(=O)C(Oc1ccc(SCC=C(c2ccc(Cl)cc2)c2ccc(Cl)cc2)cc1)C(F)(F)F. The largest absolute Gasteiger partial charge is 0.469 e. The fraction of sp³-hybridized carbons (Fsp3) is 0.192. The molecule has 0 saturated carbocycles. The van der Waals surface area contributed by atoms with Gasteiger partial charge in [0.25, 0.3) is 6.10 Å². The zero-order valence-electron chi connectivity index (χ0n) is 18.5. The van der Waals surface area contributed by atoms with Crippen molar-refractivity contribution in [2.45, 2.75) is 24.1 Å². The normalized spacial score (nSPS) is 12.1. The van der Waals surface area contributed by atoms with Gasteiger partial charge in [0, 0.05) is 20.7 Å². The molecule has 0 aliphatic heterocycles. The molecule has 1 unspecified atom stereocenters. The van der Waals surface area contributed by atoms with Crippen LogP contribution in [0.5, 0.6) is 5.75 Å². The maximum absolute atomic E-state index is 13.2. The Morgan fingerprint density at radius 2 is 1.43 bits per heavy atom. The molecule has 9 heteroatoms. The average molecular weight is 541 g/mol. The Balaban J connectivity index is 1.72. The third kappa shape index (κ3) is 7.95. The Kier molecular flexibility index (Phi) is 9.55. The number of ether oxygens (including phenoxy) is 2. The highest BCUT2D eigenvalue weighted by atomic mass is 35.5. The van der Waals surface area contributed by atoms with Gasteiger partial charge in [-0.05, 0) is 72.2 Å². The molecule has 3 aromatic carbocycles. The number of carbonyl (C=O) groups is 1. The van der Waals surface area contributed by atoms with E-state index in [9.17, 15) is 18.0 Å². The summed E-state index contributed by atoms with van der Waals surface area (Å²) in [6.45, 7) is 1.25. The van der Waals surface area contributed by atoms with Gasteiger partial charge in [0.2, 0.25) is 0 Å². The van der Waals surface area contributed by atoms with Crippen molar-refractivity contribution < 1.29 is 27.4 Å². The van der Waals surface area contributed by atoms with Crippen molar-refractivity contribution >= 4 is 46.5 Å². The average Bonchev–Trinajstić information content (AvgIpc) is 2.82.